The minimum Gasteiger partial charge on any atom is -0.475 e. The number of fused-ring (bicyclic) bond motifs is 1. The number of hydrogen-bond donors (Lipinski definition) is 1. The third-order valence-corrected chi connectivity index (χ3v) is 4.35. The molecule has 1 amide bonds. The van der Waals surface area contributed by atoms with Crippen molar-refractivity contribution in [3.63, 3.8) is 0 Å². The first-order valence-electron chi connectivity index (χ1n) is 7.69. The minimum absolute atomic E-state index is 0.147. The largest absolute Gasteiger partial charge is 0.475 e. The lowest BCUT2D eigenvalue weighted by Gasteiger charge is -2.42. The predicted molar refractivity (Wildman–Crippen MR) is 88.3 cm³/mol. The molecule has 1 aliphatic heterocycles. The Labute approximate surface area is 134 Å². The number of hydrogen-bond acceptors (Lipinski definition) is 3. The number of ether oxygens (including phenoxy) is 1. The van der Waals surface area contributed by atoms with E-state index in [9.17, 15) is 9.18 Å². The van der Waals surface area contributed by atoms with Gasteiger partial charge in [-0.2, -0.15) is 0 Å². The van der Waals surface area contributed by atoms with Crippen LogP contribution < -0.4 is 15.4 Å². The average Bonchev–Trinajstić information content (AvgIpc) is 2.56. The van der Waals surface area contributed by atoms with Gasteiger partial charge in [0.25, 0.3) is 5.91 Å². The third kappa shape index (κ3) is 2.42. The van der Waals surface area contributed by atoms with E-state index in [1.807, 2.05) is 13.8 Å². The Bertz CT molecular complexity index is 739. The van der Waals surface area contributed by atoms with Crippen LogP contribution in [0.5, 0.6) is 5.75 Å². The van der Waals surface area contributed by atoms with Crippen LogP contribution in [0, 0.1) is 5.82 Å². The molecule has 0 aliphatic carbocycles. The fourth-order valence-electron chi connectivity index (χ4n) is 2.91. The number of benzene rings is 2. The van der Waals surface area contributed by atoms with Crippen molar-refractivity contribution >= 4 is 23.0 Å². The monoisotopic (exact) mass is 314 g/mol. The molecule has 2 aromatic rings. The van der Waals surface area contributed by atoms with Crippen LogP contribution in [0.3, 0.4) is 0 Å². The second kappa shape index (κ2) is 5.57. The lowest BCUT2D eigenvalue weighted by molar-refractivity contribution is -0.135. The fourth-order valence-corrected chi connectivity index (χ4v) is 2.91. The van der Waals surface area contributed by atoms with Crippen LogP contribution in [-0.4, -0.2) is 11.5 Å². The maximum Gasteiger partial charge on any atom is 0.275 e. The van der Waals surface area contributed by atoms with Gasteiger partial charge in [-0.1, -0.05) is 13.8 Å². The molecule has 0 bridgehead atoms. The van der Waals surface area contributed by atoms with Gasteiger partial charge in [-0.25, -0.2) is 4.39 Å². The maximum atomic E-state index is 13.2. The van der Waals surface area contributed by atoms with Gasteiger partial charge < -0.3 is 10.5 Å². The van der Waals surface area contributed by atoms with Crippen LogP contribution in [0.15, 0.2) is 42.5 Å². The Hall–Kier alpha value is -2.56. The number of amides is 1. The highest BCUT2D eigenvalue weighted by atomic mass is 19.1. The molecule has 0 spiro atoms. The number of nitrogens with two attached hydrogens (primary N) is 1. The zero-order chi connectivity index (χ0) is 16.6. The smallest absolute Gasteiger partial charge is 0.275 e. The Morgan fingerprint density at radius 2 is 1.78 bits per heavy atom. The third-order valence-electron chi connectivity index (χ3n) is 4.35. The van der Waals surface area contributed by atoms with Gasteiger partial charge in [-0.05, 0) is 49.2 Å². The van der Waals surface area contributed by atoms with Gasteiger partial charge in [-0.15, -0.1) is 0 Å². The molecule has 2 aromatic carbocycles. The summed E-state index contributed by atoms with van der Waals surface area (Å²) in [5.41, 5.74) is 6.72. The molecule has 23 heavy (non-hydrogen) atoms. The Kier molecular flexibility index (Phi) is 3.72. The highest BCUT2D eigenvalue weighted by molar-refractivity contribution is 6.08. The van der Waals surface area contributed by atoms with E-state index < -0.39 is 5.60 Å². The number of carbonyl (C=O) groups is 1. The number of rotatable bonds is 3. The van der Waals surface area contributed by atoms with Crippen molar-refractivity contribution in [3.8, 4) is 5.75 Å². The molecule has 0 saturated carbocycles. The Balaban J connectivity index is 2.19. The molecular weight excluding hydrogens is 295 g/mol. The van der Waals surface area contributed by atoms with Gasteiger partial charge in [0.1, 0.15) is 11.6 Å². The van der Waals surface area contributed by atoms with E-state index in [-0.39, 0.29) is 11.7 Å². The second-order valence-corrected chi connectivity index (χ2v) is 5.65. The molecular formula is C18H19FN2O2. The van der Waals surface area contributed by atoms with E-state index in [2.05, 4.69) is 0 Å². The normalized spacial score (nSPS) is 16.0. The lowest BCUT2D eigenvalue weighted by atomic mass is 9.92. The molecule has 0 atom stereocenters. The highest BCUT2D eigenvalue weighted by Gasteiger charge is 2.46. The molecule has 0 unspecified atom stereocenters. The van der Waals surface area contributed by atoms with Gasteiger partial charge >= 0.3 is 0 Å². The lowest BCUT2D eigenvalue weighted by Crippen LogP contribution is -2.54. The summed E-state index contributed by atoms with van der Waals surface area (Å²) >= 11 is 0. The molecule has 4 nitrogen and oxygen atoms in total. The molecule has 0 aromatic heterocycles. The van der Waals surface area contributed by atoms with Gasteiger partial charge in [0, 0.05) is 17.4 Å². The zero-order valence-electron chi connectivity index (χ0n) is 13.2. The summed E-state index contributed by atoms with van der Waals surface area (Å²) in [4.78, 5) is 14.7. The van der Waals surface area contributed by atoms with Crippen molar-refractivity contribution in [2.45, 2.75) is 32.3 Å². The fraction of sp³-hybridized carbons (Fsp3) is 0.278. The minimum atomic E-state index is -0.935. The van der Waals surface area contributed by atoms with E-state index in [4.69, 9.17) is 10.5 Å². The van der Waals surface area contributed by atoms with Crippen molar-refractivity contribution in [3.05, 3.63) is 48.3 Å². The second-order valence-electron chi connectivity index (χ2n) is 5.65. The van der Waals surface area contributed by atoms with E-state index in [0.717, 1.165) is 0 Å². The number of halogens is 1. The van der Waals surface area contributed by atoms with Crippen LogP contribution in [0.25, 0.3) is 0 Å². The van der Waals surface area contributed by atoms with E-state index in [1.54, 1.807) is 35.2 Å². The molecule has 0 saturated heterocycles. The van der Waals surface area contributed by atoms with Crippen molar-refractivity contribution in [2.24, 2.45) is 0 Å². The number of nitrogens with zero attached hydrogens (tertiary/aromatic N) is 1. The van der Waals surface area contributed by atoms with Crippen LogP contribution in [0.4, 0.5) is 21.5 Å². The highest BCUT2D eigenvalue weighted by Crippen LogP contribution is 2.44. The number of nitrogen functional groups attached to an aromatic ring is 1. The number of carbonyl (C=O) groups excluding carboxylic acids is 1. The zero-order valence-corrected chi connectivity index (χ0v) is 13.2. The molecule has 0 radical (unpaired) electrons. The quantitative estimate of drug-likeness (QED) is 0.870. The summed E-state index contributed by atoms with van der Waals surface area (Å²) in [5.74, 6) is 0.0771. The summed E-state index contributed by atoms with van der Waals surface area (Å²) in [6, 6.07) is 11.1. The molecule has 2 N–H and O–H groups in total. The van der Waals surface area contributed by atoms with Gasteiger partial charge in [0.15, 0.2) is 5.60 Å². The van der Waals surface area contributed by atoms with Crippen LogP contribution in [0.1, 0.15) is 26.7 Å². The SMILES string of the molecule is CCC1(CC)Oc2cc(N)ccc2N(c2ccc(F)cc2)C1=O. The van der Waals surface area contributed by atoms with Crippen molar-refractivity contribution < 1.29 is 13.9 Å². The van der Waals surface area contributed by atoms with Crippen molar-refractivity contribution in [1.82, 2.24) is 0 Å². The van der Waals surface area contributed by atoms with Gasteiger partial charge in [0.05, 0.1) is 5.69 Å². The standard InChI is InChI=1S/C18H19FN2O2/c1-3-18(4-2)17(22)21(14-8-5-12(19)6-9-14)15-10-7-13(20)11-16(15)23-18/h5-11H,3-4,20H2,1-2H3. The molecule has 3 rings (SSSR count). The molecule has 1 heterocycles. The first-order valence-corrected chi connectivity index (χ1v) is 7.69. The summed E-state index contributed by atoms with van der Waals surface area (Å²) < 4.78 is 19.3. The van der Waals surface area contributed by atoms with E-state index in [0.29, 0.717) is 35.7 Å². The molecule has 120 valence electrons. The summed E-state index contributed by atoms with van der Waals surface area (Å²) in [7, 11) is 0. The molecule has 5 heteroatoms. The van der Waals surface area contributed by atoms with E-state index in [1.165, 1.54) is 12.1 Å². The van der Waals surface area contributed by atoms with Crippen LogP contribution >= 0.6 is 0 Å². The Morgan fingerprint density at radius 1 is 1.13 bits per heavy atom. The summed E-state index contributed by atoms with van der Waals surface area (Å²) in [6.45, 7) is 3.84. The van der Waals surface area contributed by atoms with Gasteiger partial charge in [0.2, 0.25) is 0 Å². The number of anilines is 3. The average molecular weight is 314 g/mol. The van der Waals surface area contributed by atoms with Crippen LogP contribution in [-0.2, 0) is 4.79 Å². The Morgan fingerprint density at radius 3 is 2.39 bits per heavy atom. The summed E-state index contributed by atoms with van der Waals surface area (Å²) in [5, 5.41) is 0. The van der Waals surface area contributed by atoms with Crippen LogP contribution in [0.2, 0.25) is 0 Å². The topological polar surface area (TPSA) is 55.6 Å². The first-order chi connectivity index (χ1) is 11.0. The first kappa shape index (κ1) is 15.3. The maximum absolute atomic E-state index is 13.2. The van der Waals surface area contributed by atoms with Crippen molar-refractivity contribution in [1.29, 1.82) is 0 Å². The summed E-state index contributed by atoms with van der Waals surface area (Å²) in [6.07, 6.45) is 1.07. The van der Waals surface area contributed by atoms with E-state index >= 15 is 0 Å². The van der Waals surface area contributed by atoms with Crippen molar-refractivity contribution in [2.75, 3.05) is 10.6 Å². The molecule has 1 aliphatic rings. The predicted octanol–water partition coefficient (Wildman–Crippen LogP) is 4.02. The van der Waals surface area contributed by atoms with Gasteiger partial charge in [-0.3, -0.25) is 9.69 Å². The molecule has 0 fully saturated rings.